The number of nitrogens with two attached hydrogens (primary N) is 1. The number of carbonyl (C=O) groups is 1. The molecule has 0 radical (unpaired) electrons. The van der Waals surface area contributed by atoms with E-state index in [0.717, 1.165) is 0 Å². The molecule has 1 aliphatic heterocycles. The highest BCUT2D eigenvalue weighted by molar-refractivity contribution is 6.04. The van der Waals surface area contributed by atoms with Gasteiger partial charge in [0.1, 0.15) is 5.84 Å². The van der Waals surface area contributed by atoms with Crippen LogP contribution in [0.2, 0.25) is 0 Å². The first-order valence-corrected chi connectivity index (χ1v) is 2.31. The van der Waals surface area contributed by atoms with Crippen LogP contribution in [-0.2, 0) is 4.79 Å². The van der Waals surface area contributed by atoms with Crippen LogP contribution in [0.3, 0.4) is 0 Å². The minimum atomic E-state index is -0.671. The van der Waals surface area contributed by atoms with Gasteiger partial charge in [0.05, 0.1) is 0 Å². The minimum absolute atomic E-state index is 0.220. The standard InChI is InChI=1S/C4H7N3O/c1-2-6-3(5)4(8)7-2/h3H,5H2,1H3,(H,6,7,8). The Morgan fingerprint density at radius 3 is 2.62 bits per heavy atom. The number of hydrogen-bond acceptors (Lipinski definition) is 3. The van der Waals surface area contributed by atoms with Crippen molar-refractivity contribution in [2.75, 3.05) is 0 Å². The predicted molar refractivity (Wildman–Crippen MR) is 29.2 cm³/mol. The second-order valence-electron chi connectivity index (χ2n) is 1.65. The third-order valence-corrected chi connectivity index (χ3v) is 0.905. The van der Waals surface area contributed by atoms with Crippen molar-refractivity contribution < 1.29 is 4.79 Å². The highest BCUT2D eigenvalue weighted by atomic mass is 16.2. The van der Waals surface area contributed by atoms with Crippen LogP contribution >= 0.6 is 0 Å². The van der Waals surface area contributed by atoms with Crippen LogP contribution in [-0.4, -0.2) is 17.9 Å². The summed E-state index contributed by atoms with van der Waals surface area (Å²) in [6.07, 6.45) is -0.671. The van der Waals surface area contributed by atoms with Crippen molar-refractivity contribution in [1.29, 1.82) is 0 Å². The van der Waals surface area contributed by atoms with Gasteiger partial charge in [-0.05, 0) is 6.92 Å². The van der Waals surface area contributed by atoms with Crippen molar-refractivity contribution in [2.24, 2.45) is 10.7 Å². The van der Waals surface area contributed by atoms with E-state index >= 15 is 0 Å². The van der Waals surface area contributed by atoms with E-state index in [1.165, 1.54) is 0 Å². The molecule has 1 heterocycles. The number of nitrogens with one attached hydrogen (secondary N) is 1. The van der Waals surface area contributed by atoms with Gasteiger partial charge in [-0.1, -0.05) is 0 Å². The van der Waals surface area contributed by atoms with Gasteiger partial charge in [0.25, 0.3) is 5.91 Å². The summed E-state index contributed by atoms with van der Waals surface area (Å²) in [6.45, 7) is 1.70. The normalized spacial score (nSPS) is 27.5. The van der Waals surface area contributed by atoms with Crippen LogP contribution in [0.4, 0.5) is 0 Å². The Morgan fingerprint density at radius 2 is 2.50 bits per heavy atom. The molecule has 0 aliphatic carbocycles. The van der Waals surface area contributed by atoms with Crippen LogP contribution in [0, 0.1) is 0 Å². The quantitative estimate of drug-likeness (QED) is 0.415. The number of rotatable bonds is 0. The molecule has 0 bridgehead atoms. The Kier molecular flexibility index (Phi) is 1.02. The monoisotopic (exact) mass is 113 g/mol. The van der Waals surface area contributed by atoms with Crippen LogP contribution in [0.15, 0.2) is 4.99 Å². The van der Waals surface area contributed by atoms with E-state index in [0.29, 0.717) is 5.84 Å². The van der Waals surface area contributed by atoms with Gasteiger partial charge in [0, 0.05) is 0 Å². The largest absolute Gasteiger partial charge is 0.312 e. The Hall–Kier alpha value is -0.900. The SMILES string of the molecule is CC1=NC(N)C(=O)N1. The van der Waals surface area contributed by atoms with Crippen molar-refractivity contribution >= 4 is 11.7 Å². The van der Waals surface area contributed by atoms with Gasteiger partial charge < -0.3 is 11.1 Å². The summed E-state index contributed by atoms with van der Waals surface area (Å²) in [6, 6.07) is 0. The van der Waals surface area contributed by atoms with Crippen LogP contribution < -0.4 is 11.1 Å². The molecule has 0 fully saturated rings. The summed E-state index contributed by atoms with van der Waals surface area (Å²) in [7, 11) is 0. The summed E-state index contributed by atoms with van der Waals surface area (Å²) in [5.74, 6) is 0.380. The first kappa shape index (κ1) is 5.24. The number of hydrogen-bond donors (Lipinski definition) is 2. The first-order valence-electron chi connectivity index (χ1n) is 2.31. The lowest BCUT2D eigenvalue weighted by molar-refractivity contribution is -0.119. The van der Waals surface area contributed by atoms with Gasteiger partial charge in [0.2, 0.25) is 0 Å². The van der Waals surface area contributed by atoms with Crippen LogP contribution in [0.1, 0.15) is 6.92 Å². The summed E-state index contributed by atoms with van der Waals surface area (Å²) in [5.41, 5.74) is 5.17. The van der Waals surface area contributed by atoms with E-state index < -0.39 is 6.17 Å². The Morgan fingerprint density at radius 1 is 1.88 bits per heavy atom. The molecule has 0 aromatic heterocycles. The van der Waals surface area contributed by atoms with E-state index in [1.807, 2.05) is 0 Å². The average molecular weight is 113 g/mol. The van der Waals surface area contributed by atoms with E-state index in [2.05, 4.69) is 10.3 Å². The molecule has 0 aromatic rings. The van der Waals surface area contributed by atoms with Gasteiger partial charge in [0.15, 0.2) is 6.17 Å². The Balaban J connectivity index is 2.69. The molecule has 0 aromatic carbocycles. The minimum Gasteiger partial charge on any atom is -0.312 e. The zero-order chi connectivity index (χ0) is 6.15. The van der Waals surface area contributed by atoms with E-state index in [4.69, 9.17) is 5.73 Å². The van der Waals surface area contributed by atoms with Crippen molar-refractivity contribution in [2.45, 2.75) is 13.1 Å². The van der Waals surface area contributed by atoms with Crippen molar-refractivity contribution in [1.82, 2.24) is 5.32 Å². The fourth-order valence-corrected chi connectivity index (χ4v) is 0.552. The van der Waals surface area contributed by atoms with Gasteiger partial charge in [-0.2, -0.15) is 0 Å². The summed E-state index contributed by atoms with van der Waals surface area (Å²) in [5, 5.41) is 2.45. The molecule has 0 saturated heterocycles. The van der Waals surface area contributed by atoms with E-state index in [9.17, 15) is 4.79 Å². The smallest absolute Gasteiger partial charge is 0.264 e. The zero-order valence-corrected chi connectivity index (χ0v) is 4.51. The fraction of sp³-hybridized carbons (Fsp3) is 0.500. The third-order valence-electron chi connectivity index (χ3n) is 0.905. The second-order valence-corrected chi connectivity index (χ2v) is 1.65. The van der Waals surface area contributed by atoms with Gasteiger partial charge in [-0.3, -0.25) is 4.79 Å². The molecule has 3 N–H and O–H groups in total. The first-order chi connectivity index (χ1) is 3.70. The van der Waals surface area contributed by atoms with Crippen LogP contribution in [0.25, 0.3) is 0 Å². The Labute approximate surface area is 46.8 Å². The molecule has 44 valence electrons. The molecule has 0 spiro atoms. The lowest BCUT2D eigenvalue weighted by Gasteiger charge is -1.90. The highest BCUT2D eigenvalue weighted by Crippen LogP contribution is 1.90. The molecule has 1 unspecified atom stereocenters. The van der Waals surface area contributed by atoms with E-state index in [1.54, 1.807) is 6.92 Å². The number of carbonyl (C=O) groups excluding carboxylic acids is 1. The number of aliphatic imine (C=N–C) groups is 1. The lowest BCUT2D eigenvalue weighted by Crippen LogP contribution is -2.32. The van der Waals surface area contributed by atoms with Gasteiger partial charge in [-0.15, -0.1) is 0 Å². The molecular weight excluding hydrogens is 106 g/mol. The maximum absolute atomic E-state index is 10.4. The van der Waals surface area contributed by atoms with Crippen molar-refractivity contribution in [3.05, 3.63) is 0 Å². The molecule has 1 rings (SSSR count). The second kappa shape index (κ2) is 1.56. The number of amides is 1. The molecular formula is C4H7N3O. The molecule has 4 nitrogen and oxygen atoms in total. The molecule has 8 heavy (non-hydrogen) atoms. The topological polar surface area (TPSA) is 67.5 Å². The number of amidine groups is 1. The zero-order valence-electron chi connectivity index (χ0n) is 4.51. The summed E-state index contributed by atoms with van der Waals surface area (Å²) >= 11 is 0. The summed E-state index contributed by atoms with van der Waals surface area (Å²) in [4.78, 5) is 14.1. The highest BCUT2D eigenvalue weighted by Gasteiger charge is 2.18. The lowest BCUT2D eigenvalue weighted by atomic mass is 10.5. The molecule has 4 heteroatoms. The van der Waals surface area contributed by atoms with Gasteiger partial charge >= 0.3 is 0 Å². The third kappa shape index (κ3) is 0.696. The molecule has 1 aliphatic rings. The Bertz CT molecular complexity index is 151. The maximum Gasteiger partial charge on any atom is 0.264 e. The predicted octanol–water partition coefficient (Wildman–Crippen LogP) is -1.18. The number of nitrogens with zero attached hydrogens (tertiary/aromatic N) is 1. The summed E-state index contributed by atoms with van der Waals surface area (Å²) < 4.78 is 0. The molecule has 1 atom stereocenters. The van der Waals surface area contributed by atoms with E-state index in [-0.39, 0.29) is 5.91 Å². The molecule has 1 amide bonds. The van der Waals surface area contributed by atoms with Crippen molar-refractivity contribution in [3.63, 3.8) is 0 Å². The van der Waals surface area contributed by atoms with Gasteiger partial charge in [-0.25, -0.2) is 4.99 Å². The average Bonchev–Trinajstić information content (AvgIpc) is 1.85. The fourth-order valence-electron chi connectivity index (χ4n) is 0.552. The van der Waals surface area contributed by atoms with Crippen LogP contribution in [0.5, 0.6) is 0 Å². The molecule has 0 saturated carbocycles. The maximum atomic E-state index is 10.4. The van der Waals surface area contributed by atoms with Crippen molar-refractivity contribution in [3.8, 4) is 0 Å².